The molecule has 2 aromatic carbocycles. The number of nitrogens with one attached hydrogen (secondary N) is 2. The molecule has 0 aromatic heterocycles. The van der Waals surface area contributed by atoms with Gasteiger partial charge in [-0.1, -0.05) is 29.8 Å². The average molecular weight is 398 g/mol. The van der Waals surface area contributed by atoms with Crippen LogP contribution in [0.4, 0.5) is 5.69 Å². The molecule has 0 radical (unpaired) electrons. The molecule has 0 fully saturated rings. The summed E-state index contributed by atoms with van der Waals surface area (Å²) in [4.78, 5) is 0.202. The van der Waals surface area contributed by atoms with Gasteiger partial charge in [0.25, 0.3) is 0 Å². The second kappa shape index (κ2) is 8.14. The Morgan fingerprint density at radius 2 is 1.84 bits per heavy atom. The topological polar surface area (TPSA) is 61.4 Å². The Bertz CT molecular complexity index is 870. The van der Waals surface area contributed by atoms with Gasteiger partial charge in [-0.05, 0) is 55.0 Å². The van der Waals surface area contributed by atoms with E-state index in [1.807, 2.05) is 31.2 Å². The van der Waals surface area contributed by atoms with Crippen LogP contribution in [0.1, 0.15) is 18.5 Å². The lowest BCUT2D eigenvalue weighted by molar-refractivity contribution is 0.521. The van der Waals surface area contributed by atoms with Crippen molar-refractivity contribution in [3.63, 3.8) is 0 Å². The van der Waals surface area contributed by atoms with Crippen LogP contribution in [0.5, 0.6) is 0 Å². The minimum absolute atomic E-state index is 0.0487. The summed E-state index contributed by atoms with van der Waals surface area (Å²) in [7, 11) is -0.502. The lowest BCUT2D eigenvalue weighted by Crippen LogP contribution is -2.31. The van der Waals surface area contributed by atoms with Crippen molar-refractivity contribution in [2.24, 2.45) is 0 Å². The van der Waals surface area contributed by atoms with Crippen LogP contribution >= 0.6 is 23.8 Å². The van der Waals surface area contributed by atoms with Crippen molar-refractivity contribution in [3.05, 3.63) is 59.1 Å². The number of halogens is 1. The van der Waals surface area contributed by atoms with E-state index in [9.17, 15) is 8.42 Å². The van der Waals surface area contributed by atoms with Gasteiger partial charge in [0.15, 0.2) is 5.11 Å². The van der Waals surface area contributed by atoms with Crippen LogP contribution in [0.2, 0.25) is 5.02 Å². The van der Waals surface area contributed by atoms with Gasteiger partial charge in [-0.3, -0.25) is 0 Å². The lowest BCUT2D eigenvalue weighted by atomic mass is 10.1. The van der Waals surface area contributed by atoms with Crippen molar-refractivity contribution in [1.29, 1.82) is 0 Å². The molecule has 0 heterocycles. The monoisotopic (exact) mass is 397 g/mol. The van der Waals surface area contributed by atoms with E-state index in [0.717, 1.165) is 5.56 Å². The molecule has 0 saturated carbocycles. The van der Waals surface area contributed by atoms with Crippen LogP contribution in [-0.2, 0) is 10.0 Å². The summed E-state index contributed by atoms with van der Waals surface area (Å²) in [6.07, 6.45) is 0. The van der Waals surface area contributed by atoms with Gasteiger partial charge in [-0.25, -0.2) is 12.7 Å². The summed E-state index contributed by atoms with van der Waals surface area (Å²) >= 11 is 11.3. The molecule has 0 aliphatic heterocycles. The van der Waals surface area contributed by atoms with Crippen LogP contribution in [0.25, 0.3) is 0 Å². The molecule has 1 atom stereocenters. The Kier molecular flexibility index (Phi) is 6.40. The molecule has 0 amide bonds. The highest BCUT2D eigenvalue weighted by Gasteiger charge is 2.17. The molecule has 25 heavy (non-hydrogen) atoms. The molecule has 0 bridgehead atoms. The Labute approximate surface area is 159 Å². The molecule has 0 unspecified atom stereocenters. The molecule has 0 saturated heterocycles. The van der Waals surface area contributed by atoms with Crippen molar-refractivity contribution in [3.8, 4) is 0 Å². The van der Waals surface area contributed by atoms with Crippen molar-refractivity contribution in [2.45, 2.75) is 17.9 Å². The van der Waals surface area contributed by atoms with E-state index in [0.29, 0.717) is 15.8 Å². The summed E-state index contributed by atoms with van der Waals surface area (Å²) in [5.74, 6) is 0. The van der Waals surface area contributed by atoms with Gasteiger partial charge in [0.1, 0.15) is 0 Å². The fourth-order valence-electron chi connectivity index (χ4n) is 2.17. The smallest absolute Gasteiger partial charge is 0.242 e. The molecular formula is C17H20ClN3O2S2. The number of hydrogen-bond donors (Lipinski definition) is 2. The zero-order valence-corrected chi connectivity index (χ0v) is 16.5. The fraction of sp³-hybridized carbons (Fsp3) is 0.235. The average Bonchev–Trinajstić information content (AvgIpc) is 2.54. The number of anilines is 1. The van der Waals surface area contributed by atoms with Crippen LogP contribution in [-0.4, -0.2) is 31.9 Å². The predicted octanol–water partition coefficient (Wildman–Crippen LogP) is 3.64. The van der Waals surface area contributed by atoms with E-state index in [-0.39, 0.29) is 10.9 Å². The zero-order chi connectivity index (χ0) is 18.6. The second-order valence-electron chi connectivity index (χ2n) is 5.69. The molecule has 134 valence electrons. The Morgan fingerprint density at radius 3 is 2.48 bits per heavy atom. The maximum absolute atomic E-state index is 12.2. The van der Waals surface area contributed by atoms with Gasteiger partial charge in [-0.15, -0.1) is 0 Å². The van der Waals surface area contributed by atoms with Crippen molar-refractivity contribution in [1.82, 2.24) is 9.62 Å². The third kappa shape index (κ3) is 5.15. The number of rotatable bonds is 5. The SMILES string of the molecule is C[C@H](NC(=S)Nc1cccc(S(=O)(=O)N(C)C)c1)c1cccc(Cl)c1. The molecule has 0 spiro atoms. The van der Waals surface area contributed by atoms with Gasteiger partial charge in [-0.2, -0.15) is 0 Å². The first kappa shape index (κ1) is 19.7. The van der Waals surface area contributed by atoms with E-state index in [1.165, 1.54) is 18.4 Å². The van der Waals surface area contributed by atoms with Crippen LogP contribution in [0.15, 0.2) is 53.4 Å². The summed E-state index contributed by atoms with van der Waals surface area (Å²) in [6.45, 7) is 1.96. The number of benzene rings is 2. The van der Waals surface area contributed by atoms with Crippen LogP contribution in [0, 0.1) is 0 Å². The quantitative estimate of drug-likeness (QED) is 0.754. The van der Waals surface area contributed by atoms with Gasteiger partial charge >= 0.3 is 0 Å². The maximum Gasteiger partial charge on any atom is 0.242 e. The molecule has 2 aromatic rings. The lowest BCUT2D eigenvalue weighted by Gasteiger charge is -2.18. The van der Waals surface area contributed by atoms with Crippen molar-refractivity contribution < 1.29 is 8.42 Å². The Balaban J connectivity index is 2.08. The van der Waals surface area contributed by atoms with Gasteiger partial charge in [0, 0.05) is 24.8 Å². The largest absolute Gasteiger partial charge is 0.356 e. The third-order valence-corrected chi connectivity index (χ3v) is 5.83. The molecule has 5 nitrogen and oxygen atoms in total. The number of thiocarbonyl (C=S) groups is 1. The number of hydrogen-bond acceptors (Lipinski definition) is 3. The first-order valence-electron chi connectivity index (χ1n) is 7.56. The zero-order valence-electron chi connectivity index (χ0n) is 14.2. The first-order chi connectivity index (χ1) is 11.7. The van der Waals surface area contributed by atoms with Gasteiger partial charge in [0.2, 0.25) is 10.0 Å². The molecule has 2 rings (SSSR count). The van der Waals surface area contributed by atoms with Crippen LogP contribution < -0.4 is 10.6 Å². The standard InChI is InChI=1S/C17H20ClN3O2S2/c1-12(13-6-4-7-14(18)10-13)19-17(24)20-15-8-5-9-16(11-15)25(22,23)21(2)3/h4-12H,1-3H3,(H2,19,20,24)/t12-/m0/s1. The molecule has 8 heteroatoms. The highest BCUT2D eigenvalue weighted by Crippen LogP contribution is 2.19. The first-order valence-corrected chi connectivity index (χ1v) is 9.78. The highest BCUT2D eigenvalue weighted by molar-refractivity contribution is 7.89. The number of sulfonamides is 1. The Hall–Kier alpha value is -1.67. The highest BCUT2D eigenvalue weighted by atomic mass is 35.5. The van der Waals surface area contributed by atoms with E-state index in [4.69, 9.17) is 23.8 Å². The van der Waals surface area contributed by atoms with E-state index in [1.54, 1.807) is 24.3 Å². The normalized spacial score (nSPS) is 12.7. The summed E-state index contributed by atoms with van der Waals surface area (Å²) in [5, 5.41) is 7.22. The van der Waals surface area contributed by atoms with Gasteiger partial charge in [0.05, 0.1) is 10.9 Å². The summed E-state index contributed by atoms with van der Waals surface area (Å²) in [5.41, 5.74) is 1.60. The summed E-state index contributed by atoms with van der Waals surface area (Å²) in [6, 6.07) is 14.0. The predicted molar refractivity (Wildman–Crippen MR) is 107 cm³/mol. The third-order valence-electron chi connectivity index (χ3n) is 3.57. The van der Waals surface area contributed by atoms with Crippen molar-refractivity contribution >= 4 is 44.6 Å². The fourth-order valence-corrected chi connectivity index (χ4v) is 3.61. The van der Waals surface area contributed by atoms with E-state index < -0.39 is 10.0 Å². The van der Waals surface area contributed by atoms with Crippen LogP contribution in [0.3, 0.4) is 0 Å². The maximum atomic E-state index is 12.2. The molecule has 0 aliphatic carbocycles. The van der Waals surface area contributed by atoms with Gasteiger partial charge < -0.3 is 10.6 Å². The molecular weight excluding hydrogens is 378 g/mol. The molecule has 2 N–H and O–H groups in total. The van der Waals surface area contributed by atoms with E-state index >= 15 is 0 Å². The Morgan fingerprint density at radius 1 is 1.16 bits per heavy atom. The van der Waals surface area contributed by atoms with E-state index in [2.05, 4.69) is 10.6 Å². The minimum atomic E-state index is -3.49. The summed E-state index contributed by atoms with van der Waals surface area (Å²) < 4.78 is 25.6. The second-order valence-corrected chi connectivity index (χ2v) is 8.69. The molecule has 0 aliphatic rings. The minimum Gasteiger partial charge on any atom is -0.356 e. The number of nitrogens with zero attached hydrogens (tertiary/aromatic N) is 1. The van der Waals surface area contributed by atoms with Crippen molar-refractivity contribution in [2.75, 3.05) is 19.4 Å².